The molecule has 0 radical (unpaired) electrons. The van der Waals surface area contributed by atoms with E-state index in [1.54, 1.807) is 18.0 Å². The quantitative estimate of drug-likeness (QED) is 0.501. The minimum atomic E-state index is 0.306. The molecule has 0 N–H and O–H groups in total. The molecule has 0 saturated heterocycles. The van der Waals surface area contributed by atoms with Crippen molar-refractivity contribution in [1.82, 2.24) is 19.6 Å². The number of hydrogen-bond donors (Lipinski definition) is 0. The maximum atomic E-state index is 5.86. The molecule has 0 aliphatic heterocycles. The standard InChI is InChI=1S/C21H22N4O2S/c1-3-13-7-8-16-17(9-13)28-21-19(16)20-23-18(24-25(20)12-22-21)11-27-15-6-4-5-14(10-15)26-2/h4-6,10,12-13H,3,7-9,11H2,1-2H3. The van der Waals surface area contributed by atoms with Crippen LogP contribution in [0.15, 0.2) is 30.6 Å². The fourth-order valence-electron chi connectivity index (χ4n) is 3.94. The Bertz CT molecular complexity index is 1150. The first kappa shape index (κ1) is 17.4. The minimum Gasteiger partial charge on any atom is -0.497 e. The summed E-state index contributed by atoms with van der Waals surface area (Å²) in [6.07, 6.45) is 6.53. The largest absolute Gasteiger partial charge is 0.497 e. The maximum Gasteiger partial charge on any atom is 0.189 e. The van der Waals surface area contributed by atoms with E-state index in [-0.39, 0.29) is 0 Å². The molecule has 4 aromatic rings. The fourth-order valence-corrected chi connectivity index (χ4v) is 5.23. The van der Waals surface area contributed by atoms with Gasteiger partial charge in [-0.2, -0.15) is 0 Å². The lowest BCUT2D eigenvalue weighted by molar-refractivity contribution is 0.294. The van der Waals surface area contributed by atoms with Gasteiger partial charge >= 0.3 is 0 Å². The second-order valence-corrected chi connectivity index (χ2v) is 8.29. The Kier molecular flexibility index (Phi) is 4.39. The number of fused-ring (bicyclic) bond motifs is 5. The van der Waals surface area contributed by atoms with Gasteiger partial charge < -0.3 is 9.47 Å². The molecular weight excluding hydrogens is 372 g/mol. The van der Waals surface area contributed by atoms with Gasteiger partial charge in [0.1, 0.15) is 29.3 Å². The maximum absolute atomic E-state index is 5.86. The van der Waals surface area contributed by atoms with E-state index in [1.165, 1.54) is 35.1 Å². The Morgan fingerprint density at radius 3 is 3.04 bits per heavy atom. The predicted molar refractivity (Wildman–Crippen MR) is 109 cm³/mol. The van der Waals surface area contributed by atoms with Crippen LogP contribution in [-0.2, 0) is 19.4 Å². The van der Waals surface area contributed by atoms with Crippen LogP contribution >= 0.6 is 11.3 Å². The highest BCUT2D eigenvalue weighted by molar-refractivity contribution is 7.19. The van der Waals surface area contributed by atoms with E-state index in [4.69, 9.17) is 14.5 Å². The molecule has 6 nitrogen and oxygen atoms in total. The number of aryl methyl sites for hydroxylation is 1. The van der Waals surface area contributed by atoms with Crippen molar-refractivity contribution in [1.29, 1.82) is 0 Å². The van der Waals surface area contributed by atoms with Gasteiger partial charge in [-0.15, -0.1) is 16.4 Å². The number of hydrogen-bond acceptors (Lipinski definition) is 6. The van der Waals surface area contributed by atoms with Crippen molar-refractivity contribution in [3.05, 3.63) is 46.9 Å². The molecule has 7 heteroatoms. The Labute approximate surface area is 167 Å². The van der Waals surface area contributed by atoms with Crippen molar-refractivity contribution in [3.63, 3.8) is 0 Å². The smallest absolute Gasteiger partial charge is 0.189 e. The van der Waals surface area contributed by atoms with Crippen molar-refractivity contribution < 1.29 is 9.47 Å². The van der Waals surface area contributed by atoms with Crippen LogP contribution in [0.4, 0.5) is 0 Å². The first-order chi connectivity index (χ1) is 13.7. The first-order valence-corrected chi connectivity index (χ1v) is 10.5. The molecule has 0 spiro atoms. The zero-order chi connectivity index (χ0) is 19.1. The summed E-state index contributed by atoms with van der Waals surface area (Å²) in [4.78, 5) is 12.0. The van der Waals surface area contributed by atoms with Crippen LogP contribution in [-0.4, -0.2) is 26.7 Å². The van der Waals surface area contributed by atoms with Crippen molar-refractivity contribution in [3.8, 4) is 11.5 Å². The number of benzene rings is 1. The van der Waals surface area contributed by atoms with E-state index in [1.807, 2.05) is 35.6 Å². The Morgan fingerprint density at radius 1 is 1.29 bits per heavy atom. The van der Waals surface area contributed by atoms with Gasteiger partial charge in [0.2, 0.25) is 0 Å². The van der Waals surface area contributed by atoms with Crippen LogP contribution in [0.1, 0.15) is 36.0 Å². The predicted octanol–water partition coefficient (Wildman–Crippen LogP) is 4.44. The topological polar surface area (TPSA) is 61.5 Å². The van der Waals surface area contributed by atoms with Crippen LogP contribution in [0, 0.1) is 5.92 Å². The molecule has 1 aliphatic rings. The molecule has 0 bridgehead atoms. The summed E-state index contributed by atoms with van der Waals surface area (Å²) < 4.78 is 12.9. The van der Waals surface area contributed by atoms with E-state index in [0.29, 0.717) is 12.4 Å². The van der Waals surface area contributed by atoms with Gasteiger partial charge in [-0.25, -0.2) is 14.5 Å². The number of nitrogens with zero attached hydrogens (tertiary/aromatic N) is 4. The molecule has 0 fully saturated rings. The molecule has 5 rings (SSSR count). The molecule has 1 aliphatic carbocycles. The van der Waals surface area contributed by atoms with Gasteiger partial charge in [-0.3, -0.25) is 0 Å². The normalized spacial score (nSPS) is 16.4. The van der Waals surface area contributed by atoms with Crippen molar-refractivity contribution in [2.45, 2.75) is 39.2 Å². The molecule has 0 amide bonds. The monoisotopic (exact) mass is 394 g/mol. The lowest BCUT2D eigenvalue weighted by Crippen LogP contribution is -2.11. The van der Waals surface area contributed by atoms with E-state index in [2.05, 4.69) is 17.0 Å². The summed E-state index contributed by atoms with van der Waals surface area (Å²) in [6, 6.07) is 7.55. The number of thiophene rings is 1. The third kappa shape index (κ3) is 2.99. The lowest BCUT2D eigenvalue weighted by atomic mass is 9.86. The number of ether oxygens (including phenoxy) is 2. The zero-order valence-electron chi connectivity index (χ0n) is 16.0. The third-order valence-electron chi connectivity index (χ3n) is 5.52. The van der Waals surface area contributed by atoms with Crippen LogP contribution in [0.5, 0.6) is 11.5 Å². The highest BCUT2D eigenvalue weighted by Gasteiger charge is 2.24. The van der Waals surface area contributed by atoms with Crippen LogP contribution < -0.4 is 9.47 Å². The summed E-state index contributed by atoms with van der Waals surface area (Å²) in [5.41, 5.74) is 2.32. The van der Waals surface area contributed by atoms with Crippen molar-refractivity contribution >= 4 is 27.2 Å². The van der Waals surface area contributed by atoms with Crippen LogP contribution in [0.2, 0.25) is 0 Å². The number of methoxy groups -OCH3 is 1. The average molecular weight is 395 g/mol. The third-order valence-corrected chi connectivity index (χ3v) is 6.68. The molecule has 0 saturated carbocycles. The Balaban J connectivity index is 1.47. The van der Waals surface area contributed by atoms with E-state index >= 15 is 0 Å². The molecule has 144 valence electrons. The summed E-state index contributed by atoms with van der Waals surface area (Å²) >= 11 is 1.82. The fraction of sp³-hybridized carbons (Fsp3) is 0.381. The Morgan fingerprint density at radius 2 is 2.18 bits per heavy atom. The summed E-state index contributed by atoms with van der Waals surface area (Å²) in [5.74, 6) is 2.95. The summed E-state index contributed by atoms with van der Waals surface area (Å²) in [5, 5.41) is 5.75. The molecule has 1 atom stereocenters. The Hall–Kier alpha value is -2.67. The second-order valence-electron chi connectivity index (χ2n) is 7.21. The van der Waals surface area contributed by atoms with Gasteiger partial charge in [-0.05, 0) is 42.9 Å². The van der Waals surface area contributed by atoms with Gasteiger partial charge in [0.15, 0.2) is 11.5 Å². The molecule has 3 aromatic heterocycles. The highest BCUT2D eigenvalue weighted by atomic mass is 32.1. The van der Waals surface area contributed by atoms with Crippen molar-refractivity contribution in [2.24, 2.45) is 5.92 Å². The number of aromatic nitrogens is 4. The minimum absolute atomic E-state index is 0.306. The molecule has 3 heterocycles. The molecule has 1 unspecified atom stereocenters. The SMILES string of the molecule is CCC1CCc2c(sc3ncn4nc(COc5cccc(OC)c5)nc4c23)C1. The first-order valence-electron chi connectivity index (χ1n) is 9.66. The summed E-state index contributed by atoms with van der Waals surface area (Å²) in [7, 11) is 1.64. The molecule has 1 aromatic carbocycles. The van der Waals surface area contributed by atoms with Gasteiger partial charge in [0.05, 0.1) is 12.5 Å². The van der Waals surface area contributed by atoms with Gasteiger partial charge in [0, 0.05) is 10.9 Å². The van der Waals surface area contributed by atoms with Gasteiger partial charge in [-0.1, -0.05) is 19.4 Å². The van der Waals surface area contributed by atoms with E-state index in [9.17, 15) is 0 Å². The average Bonchev–Trinajstić information content (AvgIpc) is 3.32. The summed E-state index contributed by atoms with van der Waals surface area (Å²) in [6.45, 7) is 2.59. The highest BCUT2D eigenvalue weighted by Crippen LogP contribution is 2.39. The molecule has 28 heavy (non-hydrogen) atoms. The molecular formula is C21H22N4O2S. The van der Waals surface area contributed by atoms with Crippen molar-refractivity contribution in [2.75, 3.05) is 7.11 Å². The lowest BCUT2D eigenvalue weighted by Gasteiger charge is -2.20. The number of rotatable bonds is 5. The van der Waals surface area contributed by atoms with E-state index < -0.39 is 0 Å². The second kappa shape index (κ2) is 7.05. The van der Waals surface area contributed by atoms with E-state index in [0.717, 1.165) is 34.3 Å². The zero-order valence-corrected chi connectivity index (χ0v) is 16.8. The van der Waals surface area contributed by atoms with Crippen LogP contribution in [0.3, 0.4) is 0 Å². The van der Waals surface area contributed by atoms with Crippen LogP contribution in [0.25, 0.3) is 15.9 Å². The van der Waals surface area contributed by atoms with Gasteiger partial charge in [0.25, 0.3) is 0 Å².